The monoisotopic (exact) mass is 416 g/mol. The molecule has 1 aromatic carbocycles. The molecule has 0 saturated carbocycles. The predicted octanol–water partition coefficient (Wildman–Crippen LogP) is 6.22. The summed E-state index contributed by atoms with van der Waals surface area (Å²) < 4.78 is 7.86. The lowest BCUT2D eigenvalue weighted by atomic mass is 10.1. The van der Waals surface area contributed by atoms with Crippen molar-refractivity contribution in [3.05, 3.63) is 49.9 Å². The molecule has 2 aromatic heterocycles. The Hall–Kier alpha value is -0.360. The molecule has 0 aliphatic heterocycles. The number of alkyl halides is 1. The van der Waals surface area contributed by atoms with E-state index in [4.69, 9.17) is 4.74 Å². The van der Waals surface area contributed by atoms with Gasteiger partial charge in [-0.2, -0.15) is 0 Å². The van der Waals surface area contributed by atoms with Gasteiger partial charge in [0.05, 0.1) is 16.8 Å². The molecule has 0 radical (unpaired) electrons. The van der Waals surface area contributed by atoms with Crippen LogP contribution >= 0.6 is 54.5 Å². The molecule has 0 aliphatic carbocycles. The van der Waals surface area contributed by atoms with Crippen molar-refractivity contribution in [2.24, 2.45) is 0 Å². The molecule has 2 heterocycles. The van der Waals surface area contributed by atoms with Crippen molar-refractivity contribution in [1.82, 2.24) is 0 Å². The Morgan fingerprint density at radius 2 is 2.05 bits per heavy atom. The van der Waals surface area contributed by atoms with Crippen LogP contribution in [-0.2, 0) is 0 Å². The van der Waals surface area contributed by atoms with Crippen LogP contribution in [0.3, 0.4) is 0 Å². The first kappa shape index (κ1) is 13.6. The van der Waals surface area contributed by atoms with E-state index < -0.39 is 0 Å². The zero-order valence-corrected chi connectivity index (χ0v) is 14.8. The van der Waals surface area contributed by atoms with Crippen LogP contribution in [0.15, 0.2) is 39.5 Å². The molecular weight excluding hydrogens is 408 g/mol. The number of rotatable bonds is 3. The number of hydrogen-bond acceptors (Lipinski definition) is 3. The first-order valence-corrected chi connectivity index (χ1v) is 9.10. The van der Waals surface area contributed by atoms with E-state index in [1.54, 1.807) is 29.8 Å². The number of benzene rings is 1. The van der Waals surface area contributed by atoms with E-state index >= 15 is 0 Å². The molecule has 0 bridgehead atoms. The molecule has 0 amide bonds. The van der Waals surface area contributed by atoms with Crippen molar-refractivity contribution >= 4 is 64.6 Å². The predicted molar refractivity (Wildman–Crippen MR) is 91.2 cm³/mol. The van der Waals surface area contributed by atoms with E-state index in [9.17, 15) is 0 Å². The van der Waals surface area contributed by atoms with Crippen LogP contribution in [0.2, 0.25) is 0 Å². The highest BCUT2D eigenvalue weighted by atomic mass is 79.9. The molecule has 19 heavy (non-hydrogen) atoms. The molecule has 1 unspecified atom stereocenters. The van der Waals surface area contributed by atoms with Crippen LogP contribution in [0.5, 0.6) is 5.75 Å². The quantitative estimate of drug-likeness (QED) is 0.459. The van der Waals surface area contributed by atoms with Gasteiger partial charge in [-0.05, 0) is 49.8 Å². The smallest absolute Gasteiger partial charge is 0.134 e. The number of ether oxygens (including phenoxy) is 1. The summed E-state index contributed by atoms with van der Waals surface area (Å²) in [5.41, 5.74) is 1.29. The van der Waals surface area contributed by atoms with Gasteiger partial charge in [0.25, 0.3) is 0 Å². The lowest BCUT2D eigenvalue weighted by molar-refractivity contribution is 0.413. The molecule has 1 nitrogen and oxygen atoms in total. The van der Waals surface area contributed by atoms with Gasteiger partial charge in [-0.3, -0.25) is 0 Å². The summed E-state index contributed by atoms with van der Waals surface area (Å²) in [5.74, 6) is 0.946. The Morgan fingerprint density at radius 1 is 1.21 bits per heavy atom. The number of methoxy groups -OCH3 is 1. The average molecular weight is 418 g/mol. The molecule has 5 heteroatoms. The van der Waals surface area contributed by atoms with Crippen molar-refractivity contribution in [1.29, 1.82) is 0 Å². The normalized spacial score (nSPS) is 12.8. The fourth-order valence-corrected chi connectivity index (χ4v) is 5.65. The van der Waals surface area contributed by atoms with Crippen LogP contribution in [0.25, 0.3) is 10.1 Å². The summed E-state index contributed by atoms with van der Waals surface area (Å²) in [6.45, 7) is 0. The van der Waals surface area contributed by atoms with Crippen molar-refractivity contribution in [3.63, 3.8) is 0 Å². The molecule has 98 valence electrons. The van der Waals surface area contributed by atoms with Crippen LogP contribution < -0.4 is 4.74 Å². The second-order valence-electron chi connectivity index (χ2n) is 4.02. The first-order chi connectivity index (χ1) is 9.22. The molecule has 3 aromatic rings. The van der Waals surface area contributed by atoms with Crippen molar-refractivity contribution in [2.75, 3.05) is 7.11 Å². The standard InChI is InChI=1S/C14H10Br2OS2/c1-17-11-5-6-18-14(11)12(16)9-7-19-13-8(9)3-2-4-10(13)15/h2-7,12H,1H3. The van der Waals surface area contributed by atoms with Gasteiger partial charge in [0, 0.05) is 9.17 Å². The van der Waals surface area contributed by atoms with Gasteiger partial charge in [-0.1, -0.05) is 28.1 Å². The SMILES string of the molecule is COc1ccsc1C(Br)c1csc2c(Br)cccc12. The lowest BCUT2D eigenvalue weighted by Crippen LogP contribution is -1.91. The molecule has 0 N–H and O–H groups in total. The summed E-state index contributed by atoms with van der Waals surface area (Å²) in [6.07, 6.45) is 0. The largest absolute Gasteiger partial charge is 0.496 e. The summed E-state index contributed by atoms with van der Waals surface area (Å²) in [6, 6.07) is 8.34. The fourth-order valence-electron chi connectivity index (χ4n) is 2.04. The molecule has 1 atom stereocenters. The third-order valence-corrected chi connectivity index (χ3v) is 7.15. The fraction of sp³-hybridized carbons (Fsp3) is 0.143. The summed E-state index contributed by atoms with van der Waals surface area (Å²) >= 11 is 10.9. The Kier molecular flexibility index (Phi) is 3.98. The highest BCUT2D eigenvalue weighted by molar-refractivity contribution is 9.10. The highest BCUT2D eigenvalue weighted by Gasteiger charge is 2.20. The van der Waals surface area contributed by atoms with Crippen LogP contribution in [0.4, 0.5) is 0 Å². The topological polar surface area (TPSA) is 9.23 Å². The minimum absolute atomic E-state index is 0.172. The van der Waals surface area contributed by atoms with E-state index in [-0.39, 0.29) is 4.83 Å². The van der Waals surface area contributed by atoms with Crippen molar-refractivity contribution in [3.8, 4) is 5.75 Å². The Morgan fingerprint density at radius 3 is 2.84 bits per heavy atom. The van der Waals surface area contributed by atoms with Crippen LogP contribution in [0.1, 0.15) is 15.3 Å². The van der Waals surface area contributed by atoms with Gasteiger partial charge >= 0.3 is 0 Å². The molecule has 3 rings (SSSR count). The van der Waals surface area contributed by atoms with Gasteiger partial charge in [0.15, 0.2) is 0 Å². The Bertz CT molecular complexity index is 717. The minimum Gasteiger partial charge on any atom is -0.496 e. The zero-order valence-electron chi connectivity index (χ0n) is 10.0. The maximum atomic E-state index is 5.41. The summed E-state index contributed by atoms with van der Waals surface area (Å²) in [4.78, 5) is 1.38. The highest BCUT2D eigenvalue weighted by Crippen LogP contribution is 2.45. The number of halogens is 2. The Labute approximate surface area is 136 Å². The Balaban J connectivity index is 2.12. The van der Waals surface area contributed by atoms with Gasteiger partial charge in [0.1, 0.15) is 5.75 Å². The zero-order chi connectivity index (χ0) is 13.4. The average Bonchev–Trinajstić information content (AvgIpc) is 3.05. The van der Waals surface area contributed by atoms with E-state index in [0.717, 1.165) is 10.2 Å². The first-order valence-electron chi connectivity index (χ1n) is 5.63. The maximum Gasteiger partial charge on any atom is 0.134 e. The maximum absolute atomic E-state index is 5.41. The third-order valence-electron chi connectivity index (χ3n) is 2.96. The van der Waals surface area contributed by atoms with Crippen LogP contribution in [-0.4, -0.2) is 7.11 Å². The van der Waals surface area contributed by atoms with Crippen LogP contribution in [0, 0.1) is 0 Å². The van der Waals surface area contributed by atoms with E-state index in [2.05, 4.69) is 60.8 Å². The van der Waals surface area contributed by atoms with Gasteiger partial charge in [0.2, 0.25) is 0 Å². The molecule has 0 fully saturated rings. The minimum atomic E-state index is 0.172. The summed E-state index contributed by atoms with van der Waals surface area (Å²) in [5, 5.41) is 5.57. The second-order valence-corrected chi connectivity index (χ2v) is 7.62. The van der Waals surface area contributed by atoms with E-state index in [0.29, 0.717) is 0 Å². The summed E-state index contributed by atoms with van der Waals surface area (Å²) in [7, 11) is 1.72. The molecular formula is C14H10Br2OS2. The molecule has 0 saturated heterocycles. The van der Waals surface area contributed by atoms with Crippen molar-refractivity contribution < 1.29 is 4.74 Å². The van der Waals surface area contributed by atoms with Gasteiger partial charge < -0.3 is 4.74 Å². The van der Waals surface area contributed by atoms with Gasteiger partial charge in [-0.25, -0.2) is 0 Å². The van der Waals surface area contributed by atoms with Crippen molar-refractivity contribution in [2.45, 2.75) is 4.83 Å². The van der Waals surface area contributed by atoms with Gasteiger partial charge in [-0.15, -0.1) is 22.7 Å². The molecule has 0 aliphatic rings. The van der Waals surface area contributed by atoms with E-state index in [1.165, 1.54) is 20.5 Å². The number of fused-ring (bicyclic) bond motifs is 1. The number of hydrogen-bond donors (Lipinski definition) is 0. The lowest BCUT2D eigenvalue weighted by Gasteiger charge is -2.09. The third kappa shape index (κ3) is 2.37. The number of thiophene rings is 2. The second kappa shape index (κ2) is 5.56. The molecule has 0 spiro atoms. The van der Waals surface area contributed by atoms with E-state index in [1.807, 2.05) is 6.07 Å².